The molecule has 0 bridgehead atoms. The smallest absolute Gasteiger partial charge is 0.203 e. The third-order valence-corrected chi connectivity index (χ3v) is 2.83. The normalized spacial score (nSPS) is 9.45. The molecule has 0 fully saturated rings. The van der Waals surface area contributed by atoms with Gasteiger partial charge in [-0.3, -0.25) is 0 Å². The number of benzene rings is 1. The fourth-order valence-electron chi connectivity index (χ4n) is 1.79. The van der Waals surface area contributed by atoms with Crippen LogP contribution >= 0.6 is 0 Å². The zero-order chi connectivity index (χ0) is 15.0. The lowest BCUT2D eigenvalue weighted by molar-refractivity contribution is 0.322. The Morgan fingerprint density at radius 2 is 1.60 bits per heavy atom. The number of hydrogen-bond donors (Lipinski definition) is 1. The van der Waals surface area contributed by atoms with Crippen LogP contribution in [0.1, 0.15) is 11.1 Å². The highest BCUT2D eigenvalue weighted by atomic mass is 16.5. The Labute approximate surface area is 119 Å². The molecule has 2 rings (SSSR count). The molecule has 5 nitrogen and oxygen atoms in total. The molecule has 110 valence electrons. The van der Waals surface area contributed by atoms with E-state index in [1.54, 1.807) is 33.9 Å². The zero-order valence-electron chi connectivity index (χ0n) is 12.3. The molecule has 0 aliphatic carbocycles. The van der Waals surface area contributed by atoms with Gasteiger partial charge in [-0.25, -0.2) is 0 Å². The third kappa shape index (κ3) is 3.68. The summed E-state index contributed by atoms with van der Waals surface area (Å²) in [4.78, 5) is 0. The van der Waals surface area contributed by atoms with Gasteiger partial charge in [-0.05, 0) is 36.2 Å². The molecule has 0 atom stereocenters. The summed E-state index contributed by atoms with van der Waals surface area (Å²) in [5.41, 5.74) is 7.61. The largest absolute Gasteiger partial charge is 0.493 e. The van der Waals surface area contributed by atoms with Gasteiger partial charge in [-0.1, -0.05) is 0 Å². The molecule has 0 saturated heterocycles. The van der Waals surface area contributed by atoms with Crippen molar-refractivity contribution in [2.75, 3.05) is 21.3 Å². The summed E-state index contributed by atoms with van der Waals surface area (Å²) >= 11 is 0. The van der Waals surface area contributed by atoms with E-state index in [-0.39, 0.29) is 0 Å². The first-order valence-corrected chi connectivity index (χ1v) is 6.15. The maximum atomic E-state index is 5.64. The Bertz CT molecular complexity index is 492. The predicted molar refractivity (Wildman–Crippen MR) is 77.4 cm³/mol. The lowest BCUT2D eigenvalue weighted by Gasteiger charge is -2.16. The number of ether oxygens (including phenoxy) is 3. The minimum atomic E-state index is 0.447. The van der Waals surface area contributed by atoms with Crippen molar-refractivity contribution in [3.05, 3.63) is 41.9 Å². The molecule has 0 amide bonds. The maximum absolute atomic E-state index is 5.64. The van der Waals surface area contributed by atoms with Crippen LogP contribution in [-0.4, -0.2) is 21.3 Å². The lowest BCUT2D eigenvalue weighted by atomic mass is 10.1. The van der Waals surface area contributed by atoms with Gasteiger partial charge < -0.3 is 24.4 Å². The molecule has 2 N–H and O–H groups in total. The van der Waals surface area contributed by atoms with Crippen molar-refractivity contribution in [1.82, 2.24) is 0 Å². The van der Waals surface area contributed by atoms with E-state index in [0.29, 0.717) is 23.8 Å². The number of nitrogens with two attached hydrogens (primary N) is 1. The molecule has 0 aliphatic heterocycles. The molecule has 0 unspecified atom stereocenters. The van der Waals surface area contributed by atoms with Crippen molar-refractivity contribution in [2.45, 2.75) is 13.5 Å². The van der Waals surface area contributed by atoms with Gasteiger partial charge in [0.2, 0.25) is 5.75 Å². The first kappa shape index (κ1) is 15.9. The fraction of sp³-hybridized carbons (Fsp3) is 0.333. The molecule has 0 aliphatic rings. The van der Waals surface area contributed by atoms with E-state index in [2.05, 4.69) is 4.42 Å². The molecule has 2 aromatic rings. The molecule has 0 radical (unpaired) electrons. The number of furan rings is 1. The van der Waals surface area contributed by atoms with E-state index in [4.69, 9.17) is 19.9 Å². The van der Waals surface area contributed by atoms with Gasteiger partial charge in [0.05, 0.1) is 33.9 Å². The average molecular weight is 279 g/mol. The van der Waals surface area contributed by atoms with Crippen molar-refractivity contribution in [3.8, 4) is 17.2 Å². The van der Waals surface area contributed by atoms with E-state index in [1.807, 2.05) is 25.1 Å². The standard InChI is InChI=1S/C11H17NO3.C4H4O/c1-7-8(6-12)5-9(13-2)11(15-4)10(7)14-3;1-2-4-5-3-1/h5H,6,12H2,1-4H3;1-4H. The molecular weight excluding hydrogens is 258 g/mol. The van der Waals surface area contributed by atoms with Gasteiger partial charge in [-0.2, -0.15) is 0 Å². The highest BCUT2D eigenvalue weighted by Crippen LogP contribution is 2.41. The summed E-state index contributed by atoms with van der Waals surface area (Å²) in [5.74, 6) is 1.92. The average Bonchev–Trinajstić information content (AvgIpc) is 3.06. The molecule has 20 heavy (non-hydrogen) atoms. The Morgan fingerprint density at radius 1 is 1.00 bits per heavy atom. The third-order valence-electron chi connectivity index (χ3n) is 2.83. The van der Waals surface area contributed by atoms with Crippen LogP contribution in [-0.2, 0) is 6.54 Å². The monoisotopic (exact) mass is 279 g/mol. The number of rotatable bonds is 4. The minimum absolute atomic E-state index is 0.447. The van der Waals surface area contributed by atoms with Crippen LogP contribution in [0.4, 0.5) is 0 Å². The second-order valence-electron chi connectivity index (χ2n) is 3.93. The predicted octanol–water partition coefficient (Wildman–Crippen LogP) is 2.76. The van der Waals surface area contributed by atoms with Crippen molar-refractivity contribution in [1.29, 1.82) is 0 Å². The second-order valence-corrected chi connectivity index (χ2v) is 3.93. The van der Waals surface area contributed by atoms with Crippen molar-refractivity contribution in [3.63, 3.8) is 0 Å². The Hall–Kier alpha value is -2.14. The van der Waals surface area contributed by atoms with Crippen LogP contribution in [0.3, 0.4) is 0 Å². The molecule has 5 heteroatoms. The van der Waals surface area contributed by atoms with Gasteiger partial charge in [-0.15, -0.1) is 0 Å². The summed E-state index contributed by atoms with van der Waals surface area (Å²) in [7, 11) is 4.78. The van der Waals surface area contributed by atoms with Gasteiger partial charge in [0.25, 0.3) is 0 Å². The summed E-state index contributed by atoms with van der Waals surface area (Å²) in [6.45, 7) is 2.39. The van der Waals surface area contributed by atoms with Gasteiger partial charge in [0.15, 0.2) is 11.5 Å². The van der Waals surface area contributed by atoms with Crippen molar-refractivity contribution >= 4 is 0 Å². The molecule has 0 spiro atoms. The molecule has 1 aromatic heterocycles. The maximum Gasteiger partial charge on any atom is 0.203 e. The Balaban J connectivity index is 0.000000333. The topological polar surface area (TPSA) is 66.9 Å². The van der Waals surface area contributed by atoms with E-state index in [9.17, 15) is 0 Å². The lowest BCUT2D eigenvalue weighted by Crippen LogP contribution is -2.04. The SMILES string of the molecule is COc1cc(CN)c(C)c(OC)c1OC.c1ccoc1. The van der Waals surface area contributed by atoms with Crippen LogP contribution in [0.15, 0.2) is 35.1 Å². The van der Waals surface area contributed by atoms with Crippen molar-refractivity contribution < 1.29 is 18.6 Å². The van der Waals surface area contributed by atoms with E-state index >= 15 is 0 Å². The van der Waals surface area contributed by atoms with Crippen LogP contribution < -0.4 is 19.9 Å². The van der Waals surface area contributed by atoms with E-state index in [0.717, 1.165) is 11.1 Å². The zero-order valence-corrected chi connectivity index (χ0v) is 12.3. The van der Waals surface area contributed by atoms with E-state index in [1.165, 1.54) is 0 Å². The first-order valence-electron chi connectivity index (χ1n) is 6.15. The van der Waals surface area contributed by atoms with Gasteiger partial charge >= 0.3 is 0 Å². The molecule has 1 heterocycles. The van der Waals surface area contributed by atoms with Crippen LogP contribution in [0.5, 0.6) is 17.2 Å². The second kappa shape index (κ2) is 8.12. The highest BCUT2D eigenvalue weighted by molar-refractivity contribution is 5.58. The summed E-state index contributed by atoms with van der Waals surface area (Å²) < 4.78 is 20.3. The molecular formula is C15H21NO4. The Kier molecular flexibility index (Phi) is 6.46. The van der Waals surface area contributed by atoms with Crippen molar-refractivity contribution in [2.24, 2.45) is 5.73 Å². The van der Waals surface area contributed by atoms with E-state index < -0.39 is 0 Å². The summed E-state index contributed by atoms with van der Waals surface area (Å²) in [6.07, 6.45) is 3.25. The quantitative estimate of drug-likeness (QED) is 0.932. The highest BCUT2D eigenvalue weighted by Gasteiger charge is 2.16. The number of hydrogen-bond acceptors (Lipinski definition) is 5. The van der Waals surface area contributed by atoms with Crippen LogP contribution in [0.25, 0.3) is 0 Å². The first-order chi connectivity index (χ1) is 9.69. The minimum Gasteiger partial charge on any atom is -0.493 e. The van der Waals surface area contributed by atoms with Gasteiger partial charge in [0.1, 0.15) is 0 Å². The summed E-state index contributed by atoms with van der Waals surface area (Å²) in [5, 5.41) is 0. The fourth-order valence-corrected chi connectivity index (χ4v) is 1.79. The molecule has 1 aromatic carbocycles. The summed E-state index contributed by atoms with van der Waals surface area (Å²) in [6, 6.07) is 5.54. The van der Waals surface area contributed by atoms with Crippen LogP contribution in [0.2, 0.25) is 0 Å². The van der Waals surface area contributed by atoms with Gasteiger partial charge in [0, 0.05) is 6.54 Å². The van der Waals surface area contributed by atoms with Crippen LogP contribution in [0, 0.1) is 6.92 Å². The number of methoxy groups -OCH3 is 3. The Morgan fingerprint density at radius 3 is 1.95 bits per heavy atom. The molecule has 0 saturated carbocycles.